The van der Waals surface area contributed by atoms with E-state index in [0.29, 0.717) is 74.5 Å². The molecule has 0 radical (unpaired) electrons. The third-order valence-electron chi connectivity index (χ3n) is 8.94. The van der Waals surface area contributed by atoms with E-state index < -0.39 is 0 Å². The van der Waals surface area contributed by atoms with Gasteiger partial charge in [-0.25, -0.2) is 19.9 Å². The van der Waals surface area contributed by atoms with Crippen molar-refractivity contribution in [2.75, 3.05) is 44.2 Å². The molecule has 0 saturated heterocycles. The summed E-state index contributed by atoms with van der Waals surface area (Å²) in [7, 11) is 1.62. The second-order valence-electron chi connectivity index (χ2n) is 12.9. The highest BCUT2D eigenvalue weighted by atomic mass is 16.5. The molecule has 0 aliphatic carbocycles. The number of hydrogen-bond donors (Lipinski definition) is 2. The fraction of sp³-hybridized carbons (Fsp3) is 0.182. The van der Waals surface area contributed by atoms with Crippen molar-refractivity contribution in [2.45, 2.75) is 19.8 Å². The normalized spacial score (nSPS) is 15.2. The van der Waals surface area contributed by atoms with Crippen LogP contribution in [-0.4, -0.2) is 53.5 Å². The van der Waals surface area contributed by atoms with Gasteiger partial charge in [0.25, 0.3) is 0 Å². The van der Waals surface area contributed by atoms with E-state index in [9.17, 15) is 0 Å². The predicted molar refractivity (Wildman–Crippen MR) is 214 cm³/mol. The molecular formula is C44H40N6O6. The Kier molecular flexibility index (Phi) is 11.4. The maximum atomic E-state index is 6.55. The average Bonchev–Trinajstić information content (AvgIpc) is 3.23. The lowest BCUT2D eigenvalue weighted by Crippen LogP contribution is -2.07. The lowest BCUT2D eigenvalue weighted by atomic mass is 10.1. The van der Waals surface area contributed by atoms with E-state index in [1.165, 1.54) is 0 Å². The molecule has 282 valence electrons. The first-order valence-corrected chi connectivity index (χ1v) is 18.2. The first kappa shape index (κ1) is 36.2. The van der Waals surface area contributed by atoms with Crippen molar-refractivity contribution < 1.29 is 28.4 Å². The van der Waals surface area contributed by atoms with Gasteiger partial charge >= 0.3 is 0 Å². The van der Waals surface area contributed by atoms with Crippen LogP contribution in [0.2, 0.25) is 0 Å². The molecule has 4 heterocycles. The number of hydrogen-bond acceptors (Lipinski definition) is 12. The topological polar surface area (TPSA) is 131 Å². The van der Waals surface area contributed by atoms with E-state index in [4.69, 9.17) is 43.4 Å². The summed E-state index contributed by atoms with van der Waals surface area (Å²) >= 11 is 0. The van der Waals surface area contributed by atoms with Gasteiger partial charge in [-0.05, 0) is 84.4 Å². The quantitative estimate of drug-likeness (QED) is 0.167. The average molecular weight is 749 g/mol. The van der Waals surface area contributed by atoms with Gasteiger partial charge in [0.05, 0.1) is 44.9 Å². The van der Waals surface area contributed by atoms with E-state index in [1.54, 1.807) is 19.5 Å². The molecule has 56 heavy (non-hydrogen) atoms. The Balaban J connectivity index is 1.10. The van der Waals surface area contributed by atoms with Crippen molar-refractivity contribution in [1.82, 2.24) is 19.9 Å². The van der Waals surface area contributed by atoms with E-state index in [0.717, 1.165) is 50.6 Å². The van der Waals surface area contributed by atoms with Crippen LogP contribution in [0.15, 0.2) is 128 Å². The maximum Gasteiger partial charge on any atom is 0.227 e. The highest BCUT2D eigenvalue weighted by Crippen LogP contribution is 2.35. The van der Waals surface area contributed by atoms with Crippen LogP contribution in [0.25, 0.3) is 22.5 Å². The molecule has 2 aromatic heterocycles. The standard InChI is InChI=1S/C44H40N6O6/c1-51-40-14-12-32-25-41(40)55-21-5-3-18-52-27-30-8-6-10-35(22-30)47-44-46-26-34(42(32)50-44)29-56-39-15-13-36-23-33(39)28-53-19-2-4-20-54-37-11-7-9-31(24-37)38-16-17-45-43(48-36)49-38/h2-17,22-26H,18-21,27-29H2,1H3,(H,45,48,49)(H,46,47,50)/b4-2-,5-3+. The number of fused-ring (bicyclic) bond motifs is 14. The predicted octanol–water partition coefficient (Wildman–Crippen LogP) is 8.61. The number of anilines is 4. The van der Waals surface area contributed by atoms with Gasteiger partial charge < -0.3 is 39.1 Å². The molecule has 12 heteroatoms. The van der Waals surface area contributed by atoms with E-state index >= 15 is 0 Å². The van der Waals surface area contributed by atoms with Crippen LogP contribution in [0.1, 0.15) is 16.7 Å². The van der Waals surface area contributed by atoms with Gasteiger partial charge in [-0.1, -0.05) is 36.4 Å². The van der Waals surface area contributed by atoms with Crippen LogP contribution in [0, 0.1) is 0 Å². The fourth-order valence-electron chi connectivity index (χ4n) is 6.18. The summed E-state index contributed by atoms with van der Waals surface area (Å²) in [5, 5.41) is 6.71. The molecule has 2 aliphatic rings. The fourth-order valence-corrected chi connectivity index (χ4v) is 6.18. The van der Waals surface area contributed by atoms with Gasteiger partial charge in [-0.3, -0.25) is 0 Å². The summed E-state index contributed by atoms with van der Waals surface area (Å²) < 4.78 is 36.2. The van der Waals surface area contributed by atoms with Gasteiger partial charge in [0.15, 0.2) is 11.5 Å². The van der Waals surface area contributed by atoms with Crippen LogP contribution in [0.4, 0.5) is 23.3 Å². The number of methoxy groups -OCH3 is 1. The van der Waals surface area contributed by atoms with Gasteiger partial charge in [-0.2, -0.15) is 0 Å². The Morgan fingerprint density at radius 3 is 2.34 bits per heavy atom. The lowest BCUT2D eigenvalue weighted by Gasteiger charge is -2.17. The molecule has 12 bridgehead atoms. The monoisotopic (exact) mass is 748 g/mol. The minimum absolute atomic E-state index is 0.175. The largest absolute Gasteiger partial charge is 0.493 e. The molecule has 0 saturated carbocycles. The Morgan fingerprint density at radius 2 is 1.45 bits per heavy atom. The van der Waals surface area contributed by atoms with Crippen molar-refractivity contribution in [3.05, 3.63) is 144 Å². The van der Waals surface area contributed by atoms with E-state index in [1.807, 2.05) is 115 Å². The lowest BCUT2D eigenvalue weighted by molar-refractivity contribution is 0.144. The van der Waals surface area contributed by atoms with Crippen molar-refractivity contribution in [3.63, 3.8) is 0 Å². The number of ether oxygens (including phenoxy) is 6. The Morgan fingerprint density at radius 1 is 0.661 bits per heavy atom. The Labute approximate surface area is 324 Å². The summed E-state index contributed by atoms with van der Waals surface area (Å²) in [6, 6.07) is 29.3. The Bertz CT molecular complexity index is 2370. The minimum atomic E-state index is 0.175. The molecule has 2 aliphatic heterocycles. The summed E-state index contributed by atoms with van der Waals surface area (Å²) in [5.41, 5.74) is 7.45. The van der Waals surface area contributed by atoms with Gasteiger partial charge in [-0.15, -0.1) is 0 Å². The minimum Gasteiger partial charge on any atom is -0.493 e. The van der Waals surface area contributed by atoms with Crippen molar-refractivity contribution in [3.8, 4) is 45.5 Å². The summed E-state index contributed by atoms with van der Waals surface area (Å²) in [6.45, 7) is 2.54. The van der Waals surface area contributed by atoms with E-state index in [-0.39, 0.29) is 6.61 Å². The smallest absolute Gasteiger partial charge is 0.227 e. The molecule has 0 unspecified atom stereocenters. The number of nitrogens with one attached hydrogen (secondary N) is 2. The molecule has 12 nitrogen and oxygen atoms in total. The van der Waals surface area contributed by atoms with Crippen LogP contribution in [-0.2, 0) is 29.3 Å². The zero-order valence-corrected chi connectivity index (χ0v) is 30.8. The number of rotatable bonds is 4. The SMILES string of the molecule is COc1ccc2cc1OC/C=C/COCc1cccc(c1)Nc1ncc(COc3ccc4cc3COC/C=C\COc3cccc(c3)-c3ccnc(n3)N4)c-2n1. The molecule has 0 fully saturated rings. The van der Waals surface area contributed by atoms with Gasteiger partial charge in [0, 0.05) is 46.0 Å². The third-order valence-corrected chi connectivity index (χ3v) is 8.94. The first-order chi connectivity index (χ1) is 27.7. The highest BCUT2D eigenvalue weighted by molar-refractivity contribution is 5.69. The van der Waals surface area contributed by atoms with Gasteiger partial charge in [0.2, 0.25) is 11.9 Å². The first-order valence-electron chi connectivity index (χ1n) is 18.2. The summed E-state index contributed by atoms with van der Waals surface area (Å²) in [5.74, 6) is 3.49. The third kappa shape index (κ3) is 9.12. The molecule has 2 N–H and O–H groups in total. The zero-order chi connectivity index (χ0) is 37.9. The van der Waals surface area contributed by atoms with Crippen LogP contribution in [0.5, 0.6) is 23.0 Å². The molecule has 0 spiro atoms. The second-order valence-corrected chi connectivity index (χ2v) is 12.9. The number of aromatic nitrogens is 4. The Hall–Kier alpha value is -6.76. The molecule has 6 aromatic rings. The van der Waals surface area contributed by atoms with Gasteiger partial charge in [0.1, 0.15) is 31.3 Å². The molecule has 8 rings (SSSR count). The van der Waals surface area contributed by atoms with Crippen molar-refractivity contribution in [1.29, 1.82) is 0 Å². The highest BCUT2D eigenvalue weighted by Gasteiger charge is 2.17. The zero-order valence-electron chi connectivity index (χ0n) is 30.8. The number of nitrogens with zero attached hydrogens (tertiary/aromatic N) is 4. The molecule has 0 atom stereocenters. The van der Waals surface area contributed by atoms with Crippen LogP contribution >= 0.6 is 0 Å². The molecule has 0 amide bonds. The molecule has 4 aromatic carbocycles. The van der Waals surface area contributed by atoms with Crippen molar-refractivity contribution >= 4 is 23.3 Å². The summed E-state index contributed by atoms with van der Waals surface area (Å²) in [4.78, 5) is 18.9. The van der Waals surface area contributed by atoms with E-state index in [2.05, 4.69) is 15.6 Å². The van der Waals surface area contributed by atoms with Crippen LogP contribution in [0.3, 0.4) is 0 Å². The summed E-state index contributed by atoms with van der Waals surface area (Å²) in [6.07, 6.45) is 11.3. The van der Waals surface area contributed by atoms with Crippen molar-refractivity contribution in [2.24, 2.45) is 0 Å². The second kappa shape index (κ2) is 17.6. The maximum absolute atomic E-state index is 6.55. The number of benzene rings is 4. The molecular weight excluding hydrogens is 709 g/mol. The van der Waals surface area contributed by atoms with Crippen LogP contribution < -0.4 is 29.6 Å².